The summed E-state index contributed by atoms with van der Waals surface area (Å²) in [4.78, 5) is 8.23. The molecule has 0 radical (unpaired) electrons. The SMILES string of the molecule is CN=C(N)NCCc1nccn1Cc1ccccc1.I. The summed E-state index contributed by atoms with van der Waals surface area (Å²) in [6, 6.07) is 10.3. The van der Waals surface area contributed by atoms with Gasteiger partial charge in [0.05, 0.1) is 0 Å². The number of hydrogen-bond donors (Lipinski definition) is 2. The number of halogens is 1. The highest BCUT2D eigenvalue weighted by molar-refractivity contribution is 14.0. The van der Waals surface area contributed by atoms with E-state index in [1.807, 2.05) is 30.6 Å². The van der Waals surface area contributed by atoms with Gasteiger partial charge < -0.3 is 15.6 Å². The minimum absolute atomic E-state index is 0. The van der Waals surface area contributed by atoms with E-state index in [0.717, 1.165) is 25.3 Å². The fourth-order valence-corrected chi connectivity index (χ4v) is 1.87. The van der Waals surface area contributed by atoms with E-state index in [9.17, 15) is 0 Å². The molecule has 5 nitrogen and oxygen atoms in total. The number of nitrogens with zero attached hydrogens (tertiary/aromatic N) is 3. The average Bonchev–Trinajstić information content (AvgIpc) is 2.87. The monoisotopic (exact) mass is 385 g/mol. The van der Waals surface area contributed by atoms with Crippen LogP contribution in [0.4, 0.5) is 0 Å². The second-order valence-corrected chi connectivity index (χ2v) is 4.24. The van der Waals surface area contributed by atoms with Crippen molar-refractivity contribution in [3.05, 3.63) is 54.1 Å². The Kier molecular flexibility index (Phi) is 7.06. The Morgan fingerprint density at radius 1 is 1.35 bits per heavy atom. The lowest BCUT2D eigenvalue weighted by molar-refractivity contribution is 0.700. The van der Waals surface area contributed by atoms with E-state index in [1.54, 1.807) is 7.05 Å². The Labute approximate surface area is 136 Å². The molecular formula is C14H20IN5. The summed E-state index contributed by atoms with van der Waals surface area (Å²) in [5, 5.41) is 3.04. The first-order valence-corrected chi connectivity index (χ1v) is 6.29. The normalized spacial score (nSPS) is 10.9. The third-order valence-corrected chi connectivity index (χ3v) is 2.89. The third-order valence-electron chi connectivity index (χ3n) is 2.89. The molecule has 0 amide bonds. The summed E-state index contributed by atoms with van der Waals surface area (Å²) in [5.41, 5.74) is 6.85. The second-order valence-electron chi connectivity index (χ2n) is 4.24. The molecule has 2 aromatic rings. The average molecular weight is 385 g/mol. The number of aromatic nitrogens is 2. The number of aliphatic imine (C=N–C) groups is 1. The van der Waals surface area contributed by atoms with Crippen LogP contribution in [0.25, 0.3) is 0 Å². The van der Waals surface area contributed by atoms with Crippen molar-refractivity contribution in [2.45, 2.75) is 13.0 Å². The van der Waals surface area contributed by atoms with Crippen molar-refractivity contribution < 1.29 is 0 Å². The van der Waals surface area contributed by atoms with E-state index in [4.69, 9.17) is 5.73 Å². The standard InChI is InChI=1S/C14H19N5.HI/c1-16-14(15)18-8-7-13-17-9-10-19(13)11-12-5-3-2-4-6-12;/h2-6,9-10H,7-8,11H2,1H3,(H3,15,16,18);1H. The smallest absolute Gasteiger partial charge is 0.188 e. The van der Waals surface area contributed by atoms with Gasteiger partial charge in [-0.2, -0.15) is 0 Å². The fraction of sp³-hybridized carbons (Fsp3) is 0.286. The summed E-state index contributed by atoms with van der Waals surface area (Å²) >= 11 is 0. The van der Waals surface area contributed by atoms with Crippen LogP contribution in [0.15, 0.2) is 47.7 Å². The van der Waals surface area contributed by atoms with Gasteiger partial charge in [0, 0.05) is 39.0 Å². The van der Waals surface area contributed by atoms with E-state index in [2.05, 4.69) is 32.0 Å². The number of hydrogen-bond acceptors (Lipinski definition) is 2. The first kappa shape index (κ1) is 16.5. The lowest BCUT2D eigenvalue weighted by Crippen LogP contribution is -2.33. The van der Waals surface area contributed by atoms with E-state index >= 15 is 0 Å². The van der Waals surface area contributed by atoms with Crippen molar-refractivity contribution >= 4 is 29.9 Å². The molecule has 1 aromatic heterocycles. The van der Waals surface area contributed by atoms with Gasteiger partial charge in [-0.15, -0.1) is 24.0 Å². The van der Waals surface area contributed by atoms with Gasteiger partial charge in [0.1, 0.15) is 5.82 Å². The molecule has 2 rings (SSSR count). The van der Waals surface area contributed by atoms with Crippen LogP contribution in [0, 0.1) is 0 Å². The Hall–Kier alpha value is -1.57. The van der Waals surface area contributed by atoms with Crippen LogP contribution in [0.2, 0.25) is 0 Å². The maximum Gasteiger partial charge on any atom is 0.188 e. The number of guanidine groups is 1. The van der Waals surface area contributed by atoms with Gasteiger partial charge in [-0.1, -0.05) is 30.3 Å². The topological polar surface area (TPSA) is 68.2 Å². The van der Waals surface area contributed by atoms with Crippen molar-refractivity contribution in [2.75, 3.05) is 13.6 Å². The van der Waals surface area contributed by atoms with E-state index in [0.29, 0.717) is 5.96 Å². The van der Waals surface area contributed by atoms with Crippen molar-refractivity contribution in [3.63, 3.8) is 0 Å². The predicted molar refractivity (Wildman–Crippen MR) is 92.4 cm³/mol. The molecule has 0 spiro atoms. The first-order valence-electron chi connectivity index (χ1n) is 6.29. The highest BCUT2D eigenvalue weighted by Gasteiger charge is 2.03. The van der Waals surface area contributed by atoms with Crippen LogP contribution in [0.3, 0.4) is 0 Å². The summed E-state index contributed by atoms with van der Waals surface area (Å²) in [6.07, 6.45) is 4.64. The molecule has 0 saturated heterocycles. The maximum atomic E-state index is 5.59. The molecule has 20 heavy (non-hydrogen) atoms. The molecule has 0 bridgehead atoms. The van der Waals surface area contributed by atoms with Crippen molar-refractivity contribution in [3.8, 4) is 0 Å². The van der Waals surface area contributed by atoms with Gasteiger partial charge in [0.15, 0.2) is 5.96 Å². The lowest BCUT2D eigenvalue weighted by atomic mass is 10.2. The molecule has 0 aliphatic carbocycles. The van der Waals surface area contributed by atoms with Gasteiger partial charge in [0.2, 0.25) is 0 Å². The highest BCUT2D eigenvalue weighted by Crippen LogP contribution is 2.05. The van der Waals surface area contributed by atoms with Crippen molar-refractivity contribution in [1.82, 2.24) is 14.9 Å². The molecule has 1 aromatic carbocycles. The lowest BCUT2D eigenvalue weighted by Gasteiger charge is -2.09. The number of imidazole rings is 1. The molecule has 6 heteroatoms. The summed E-state index contributed by atoms with van der Waals surface area (Å²) in [5.74, 6) is 1.50. The van der Waals surface area contributed by atoms with Crippen molar-refractivity contribution in [1.29, 1.82) is 0 Å². The molecule has 0 unspecified atom stereocenters. The molecule has 0 aliphatic heterocycles. The maximum absolute atomic E-state index is 5.59. The van der Waals surface area contributed by atoms with E-state index in [-0.39, 0.29) is 24.0 Å². The zero-order valence-corrected chi connectivity index (χ0v) is 13.8. The number of nitrogens with two attached hydrogens (primary N) is 1. The van der Waals surface area contributed by atoms with Crippen LogP contribution < -0.4 is 11.1 Å². The number of benzene rings is 1. The zero-order valence-electron chi connectivity index (χ0n) is 11.5. The van der Waals surface area contributed by atoms with Crippen LogP contribution in [0.1, 0.15) is 11.4 Å². The van der Waals surface area contributed by atoms with Gasteiger partial charge in [-0.05, 0) is 5.56 Å². The summed E-state index contributed by atoms with van der Waals surface area (Å²) < 4.78 is 2.15. The molecule has 0 fully saturated rings. The van der Waals surface area contributed by atoms with Crippen LogP contribution >= 0.6 is 24.0 Å². The van der Waals surface area contributed by atoms with Gasteiger partial charge in [-0.25, -0.2) is 4.98 Å². The molecule has 108 valence electrons. The number of rotatable bonds is 5. The molecular weight excluding hydrogens is 365 g/mol. The Bertz CT molecular complexity index is 536. The quantitative estimate of drug-likeness (QED) is 0.467. The van der Waals surface area contributed by atoms with Gasteiger partial charge in [-0.3, -0.25) is 4.99 Å². The van der Waals surface area contributed by atoms with Crippen LogP contribution in [-0.4, -0.2) is 29.1 Å². The first-order chi connectivity index (χ1) is 9.29. The third kappa shape index (κ3) is 4.84. The Morgan fingerprint density at radius 3 is 2.80 bits per heavy atom. The Balaban J connectivity index is 0.00000200. The summed E-state index contributed by atoms with van der Waals surface area (Å²) in [6.45, 7) is 1.57. The molecule has 0 saturated carbocycles. The molecule has 0 aliphatic rings. The predicted octanol–water partition coefficient (Wildman–Crippen LogP) is 1.63. The molecule has 3 N–H and O–H groups in total. The second kappa shape index (κ2) is 8.57. The Morgan fingerprint density at radius 2 is 2.10 bits per heavy atom. The summed E-state index contributed by atoms with van der Waals surface area (Å²) in [7, 11) is 1.67. The largest absolute Gasteiger partial charge is 0.370 e. The van der Waals surface area contributed by atoms with E-state index < -0.39 is 0 Å². The molecule has 1 heterocycles. The molecule has 0 atom stereocenters. The minimum atomic E-state index is 0. The van der Waals surface area contributed by atoms with Crippen LogP contribution in [-0.2, 0) is 13.0 Å². The van der Waals surface area contributed by atoms with Crippen LogP contribution in [0.5, 0.6) is 0 Å². The minimum Gasteiger partial charge on any atom is -0.370 e. The highest BCUT2D eigenvalue weighted by atomic mass is 127. The van der Waals surface area contributed by atoms with Crippen molar-refractivity contribution in [2.24, 2.45) is 10.7 Å². The number of nitrogens with one attached hydrogen (secondary N) is 1. The van der Waals surface area contributed by atoms with E-state index in [1.165, 1.54) is 5.56 Å². The zero-order chi connectivity index (χ0) is 13.5. The van der Waals surface area contributed by atoms with Gasteiger partial charge in [0.25, 0.3) is 0 Å². The van der Waals surface area contributed by atoms with Gasteiger partial charge >= 0.3 is 0 Å². The fourth-order valence-electron chi connectivity index (χ4n) is 1.87.